The van der Waals surface area contributed by atoms with Crippen molar-refractivity contribution in [1.82, 2.24) is 20.2 Å². The fraction of sp³-hybridized carbons (Fsp3) is 0.385. The number of ether oxygens (including phenoxy) is 2. The standard InChI is InChI=1S/C13H16N4O4/c1-13(2,12(18)19)17-11(14-15-16-17)9-7-8(20-3)5-6-10(9)21-4/h5-7H,1-4H3,(H,18,19). The summed E-state index contributed by atoms with van der Waals surface area (Å²) in [6.45, 7) is 3.03. The molecule has 0 fully saturated rings. The summed E-state index contributed by atoms with van der Waals surface area (Å²) in [6, 6.07) is 5.14. The van der Waals surface area contributed by atoms with Crippen LogP contribution in [0.3, 0.4) is 0 Å². The Morgan fingerprint density at radius 3 is 2.57 bits per heavy atom. The fourth-order valence-corrected chi connectivity index (χ4v) is 1.81. The molecule has 1 heterocycles. The summed E-state index contributed by atoms with van der Waals surface area (Å²) in [5, 5.41) is 20.6. The second kappa shape index (κ2) is 5.39. The molecule has 8 heteroatoms. The van der Waals surface area contributed by atoms with Gasteiger partial charge in [-0.1, -0.05) is 0 Å². The molecule has 0 aliphatic heterocycles. The third-order valence-electron chi connectivity index (χ3n) is 3.17. The molecule has 1 aromatic carbocycles. The van der Waals surface area contributed by atoms with Gasteiger partial charge in [0.1, 0.15) is 11.5 Å². The molecule has 0 bridgehead atoms. The minimum atomic E-state index is -1.30. The van der Waals surface area contributed by atoms with Crippen molar-refractivity contribution in [2.24, 2.45) is 0 Å². The molecule has 0 radical (unpaired) electrons. The number of carboxylic acids is 1. The lowest BCUT2D eigenvalue weighted by Gasteiger charge is -2.21. The molecule has 0 spiro atoms. The van der Waals surface area contributed by atoms with Crippen LogP contribution in [0.5, 0.6) is 11.5 Å². The molecular weight excluding hydrogens is 276 g/mol. The summed E-state index contributed by atoms with van der Waals surface area (Å²) >= 11 is 0. The molecule has 112 valence electrons. The highest BCUT2D eigenvalue weighted by Crippen LogP contribution is 2.33. The number of carbonyl (C=O) groups is 1. The van der Waals surface area contributed by atoms with Crippen molar-refractivity contribution in [3.05, 3.63) is 18.2 Å². The Hall–Kier alpha value is -2.64. The Morgan fingerprint density at radius 1 is 1.29 bits per heavy atom. The van der Waals surface area contributed by atoms with Crippen LogP contribution in [-0.4, -0.2) is 45.5 Å². The van der Waals surface area contributed by atoms with Crippen molar-refractivity contribution in [2.45, 2.75) is 19.4 Å². The minimum Gasteiger partial charge on any atom is -0.497 e. The first kappa shape index (κ1) is 14.8. The summed E-state index contributed by atoms with van der Waals surface area (Å²) in [5.74, 6) is 0.359. The maximum atomic E-state index is 11.4. The molecule has 8 nitrogen and oxygen atoms in total. The first-order chi connectivity index (χ1) is 9.91. The van der Waals surface area contributed by atoms with Crippen molar-refractivity contribution >= 4 is 5.97 Å². The zero-order chi connectivity index (χ0) is 15.6. The van der Waals surface area contributed by atoms with Crippen molar-refractivity contribution in [3.8, 4) is 22.9 Å². The molecule has 0 saturated heterocycles. The highest BCUT2D eigenvalue weighted by Gasteiger charge is 2.34. The summed E-state index contributed by atoms with van der Waals surface area (Å²) in [4.78, 5) is 11.4. The van der Waals surface area contributed by atoms with E-state index in [2.05, 4.69) is 15.5 Å². The van der Waals surface area contributed by atoms with E-state index in [0.29, 0.717) is 17.1 Å². The predicted octanol–water partition coefficient (Wildman–Crippen LogP) is 1.18. The van der Waals surface area contributed by atoms with Gasteiger partial charge in [0.05, 0.1) is 19.8 Å². The van der Waals surface area contributed by atoms with Crippen molar-refractivity contribution in [1.29, 1.82) is 0 Å². The second-order valence-corrected chi connectivity index (χ2v) is 4.84. The van der Waals surface area contributed by atoms with Crippen LogP contribution in [0, 0.1) is 0 Å². The number of hydrogen-bond acceptors (Lipinski definition) is 6. The minimum absolute atomic E-state index is 0.290. The first-order valence-electron chi connectivity index (χ1n) is 6.16. The lowest BCUT2D eigenvalue weighted by molar-refractivity contribution is -0.146. The summed E-state index contributed by atoms with van der Waals surface area (Å²) < 4.78 is 11.7. The number of methoxy groups -OCH3 is 2. The van der Waals surface area contributed by atoms with Gasteiger partial charge in [-0.3, -0.25) is 0 Å². The van der Waals surface area contributed by atoms with Crippen LogP contribution in [0.15, 0.2) is 18.2 Å². The molecule has 0 amide bonds. The van der Waals surface area contributed by atoms with Crippen LogP contribution in [-0.2, 0) is 10.3 Å². The van der Waals surface area contributed by atoms with E-state index in [4.69, 9.17) is 9.47 Å². The smallest absolute Gasteiger partial charge is 0.331 e. The number of benzene rings is 1. The Labute approximate surface area is 121 Å². The Morgan fingerprint density at radius 2 is 2.00 bits per heavy atom. The maximum Gasteiger partial charge on any atom is 0.331 e. The van der Waals surface area contributed by atoms with E-state index in [1.54, 1.807) is 18.2 Å². The van der Waals surface area contributed by atoms with Gasteiger partial charge in [0, 0.05) is 0 Å². The molecule has 1 aromatic heterocycles. The highest BCUT2D eigenvalue weighted by molar-refractivity contribution is 5.77. The number of tetrazole rings is 1. The quantitative estimate of drug-likeness (QED) is 0.883. The first-order valence-corrected chi connectivity index (χ1v) is 6.16. The van der Waals surface area contributed by atoms with Gasteiger partial charge < -0.3 is 14.6 Å². The topological polar surface area (TPSA) is 99.4 Å². The van der Waals surface area contributed by atoms with Gasteiger partial charge in [0.2, 0.25) is 0 Å². The number of hydrogen-bond donors (Lipinski definition) is 1. The monoisotopic (exact) mass is 292 g/mol. The zero-order valence-electron chi connectivity index (χ0n) is 12.2. The van der Waals surface area contributed by atoms with E-state index in [9.17, 15) is 9.90 Å². The van der Waals surface area contributed by atoms with Gasteiger partial charge in [0.25, 0.3) is 0 Å². The number of nitrogens with zero attached hydrogens (tertiary/aromatic N) is 4. The maximum absolute atomic E-state index is 11.4. The van der Waals surface area contributed by atoms with Crippen LogP contribution in [0.2, 0.25) is 0 Å². The largest absolute Gasteiger partial charge is 0.497 e. The van der Waals surface area contributed by atoms with Gasteiger partial charge in [0.15, 0.2) is 11.4 Å². The van der Waals surface area contributed by atoms with Gasteiger partial charge in [-0.25, -0.2) is 9.48 Å². The lowest BCUT2D eigenvalue weighted by atomic mass is 10.1. The molecule has 1 N–H and O–H groups in total. The SMILES string of the molecule is COc1ccc(OC)c(-c2nnnn2C(C)(C)C(=O)O)c1. The van der Waals surface area contributed by atoms with E-state index in [1.165, 1.54) is 32.7 Å². The predicted molar refractivity (Wildman–Crippen MR) is 73.3 cm³/mol. The van der Waals surface area contributed by atoms with Crippen molar-refractivity contribution in [2.75, 3.05) is 14.2 Å². The molecule has 2 rings (SSSR count). The van der Waals surface area contributed by atoms with Crippen molar-refractivity contribution < 1.29 is 19.4 Å². The number of aliphatic carboxylic acids is 1. The van der Waals surface area contributed by atoms with Crippen LogP contribution in [0.1, 0.15) is 13.8 Å². The molecule has 0 aliphatic rings. The zero-order valence-corrected chi connectivity index (χ0v) is 12.2. The molecule has 0 atom stereocenters. The molecule has 21 heavy (non-hydrogen) atoms. The molecule has 2 aromatic rings. The molecular formula is C13H16N4O4. The summed E-state index contributed by atoms with van der Waals surface area (Å²) in [5.41, 5.74) is -0.747. The van der Waals surface area contributed by atoms with Gasteiger partial charge >= 0.3 is 5.97 Å². The Balaban J connectivity index is 2.64. The number of rotatable bonds is 5. The van der Waals surface area contributed by atoms with Gasteiger partial charge in [-0.2, -0.15) is 0 Å². The van der Waals surface area contributed by atoms with E-state index >= 15 is 0 Å². The Bertz CT molecular complexity index is 666. The van der Waals surface area contributed by atoms with Crippen LogP contribution in [0.4, 0.5) is 0 Å². The molecule has 0 saturated carbocycles. The van der Waals surface area contributed by atoms with Gasteiger partial charge in [-0.15, -0.1) is 5.10 Å². The van der Waals surface area contributed by atoms with E-state index in [0.717, 1.165) is 0 Å². The average molecular weight is 292 g/mol. The van der Waals surface area contributed by atoms with E-state index in [1.807, 2.05) is 0 Å². The molecule has 0 unspecified atom stereocenters. The second-order valence-electron chi connectivity index (χ2n) is 4.84. The highest BCUT2D eigenvalue weighted by atomic mass is 16.5. The van der Waals surface area contributed by atoms with E-state index in [-0.39, 0.29) is 5.82 Å². The van der Waals surface area contributed by atoms with Crippen LogP contribution in [0.25, 0.3) is 11.4 Å². The Kier molecular flexibility index (Phi) is 3.79. The normalized spacial score (nSPS) is 11.2. The average Bonchev–Trinajstić information content (AvgIpc) is 2.96. The van der Waals surface area contributed by atoms with Crippen molar-refractivity contribution in [3.63, 3.8) is 0 Å². The van der Waals surface area contributed by atoms with E-state index < -0.39 is 11.5 Å². The van der Waals surface area contributed by atoms with Crippen LogP contribution < -0.4 is 9.47 Å². The summed E-state index contributed by atoms with van der Waals surface area (Å²) in [6.07, 6.45) is 0. The lowest BCUT2D eigenvalue weighted by Crippen LogP contribution is -2.37. The molecule has 0 aliphatic carbocycles. The number of aromatic nitrogens is 4. The van der Waals surface area contributed by atoms with Gasteiger partial charge in [-0.05, 0) is 42.5 Å². The summed E-state index contributed by atoms with van der Waals surface area (Å²) in [7, 11) is 3.05. The third-order valence-corrected chi connectivity index (χ3v) is 3.17. The fourth-order valence-electron chi connectivity index (χ4n) is 1.81. The third kappa shape index (κ3) is 2.51. The number of carboxylic acid groups (broad SMARTS) is 1. The van der Waals surface area contributed by atoms with Crippen LogP contribution >= 0.6 is 0 Å².